The lowest BCUT2D eigenvalue weighted by molar-refractivity contribution is -0.134. The molecule has 0 saturated carbocycles. The van der Waals surface area contributed by atoms with Crippen molar-refractivity contribution < 1.29 is 14.3 Å². The smallest absolute Gasteiger partial charge is 0.240 e. The number of nitrogens with zero attached hydrogens (tertiary/aromatic N) is 2. The van der Waals surface area contributed by atoms with Crippen LogP contribution in [0, 0.1) is 5.82 Å². The number of carbonyl (C=O) groups excluding carboxylic acids is 1. The minimum atomic E-state index is -0.403. The van der Waals surface area contributed by atoms with Crippen molar-refractivity contribution in [2.45, 2.75) is 56.1 Å². The quantitative estimate of drug-likeness (QED) is 0.670. The highest BCUT2D eigenvalue weighted by Crippen LogP contribution is 2.38. The van der Waals surface area contributed by atoms with E-state index in [2.05, 4.69) is 20.4 Å². The van der Waals surface area contributed by atoms with Gasteiger partial charge in [0.05, 0.1) is 6.61 Å². The molecule has 0 radical (unpaired) electrons. The molecule has 0 aromatic heterocycles. The third-order valence-electron chi connectivity index (χ3n) is 6.88. The first-order chi connectivity index (χ1) is 14.1. The van der Waals surface area contributed by atoms with Crippen LogP contribution >= 0.6 is 0 Å². The van der Waals surface area contributed by atoms with E-state index in [-0.39, 0.29) is 18.3 Å². The normalized spacial score (nSPS) is 28.3. The Kier molecular flexibility index (Phi) is 6.37. The number of benzene rings is 1. The summed E-state index contributed by atoms with van der Waals surface area (Å²) in [4.78, 5) is 17.6. The van der Waals surface area contributed by atoms with Gasteiger partial charge in [-0.2, -0.15) is 0 Å². The Balaban J connectivity index is 1.32. The lowest BCUT2D eigenvalue weighted by atomic mass is 9.84. The summed E-state index contributed by atoms with van der Waals surface area (Å²) >= 11 is 0. The summed E-state index contributed by atoms with van der Waals surface area (Å²) in [6, 6.07) is 7.54. The van der Waals surface area contributed by atoms with E-state index in [0.717, 1.165) is 70.4 Å². The van der Waals surface area contributed by atoms with Gasteiger partial charge in [0.1, 0.15) is 11.4 Å². The number of piperidine rings is 2. The summed E-state index contributed by atoms with van der Waals surface area (Å²) in [5, 5.41) is 15.8. The Hall–Kier alpha value is -1.70. The number of amides is 1. The zero-order chi connectivity index (χ0) is 20.3. The summed E-state index contributed by atoms with van der Waals surface area (Å²) in [6.45, 7) is 4.13. The molecule has 6 nitrogen and oxygen atoms in total. The molecule has 29 heavy (non-hydrogen) atoms. The van der Waals surface area contributed by atoms with E-state index in [0.29, 0.717) is 18.6 Å². The Morgan fingerprint density at radius 3 is 2.62 bits per heavy atom. The van der Waals surface area contributed by atoms with E-state index in [4.69, 9.17) is 5.11 Å². The van der Waals surface area contributed by atoms with Gasteiger partial charge in [-0.1, -0.05) is 0 Å². The third-order valence-corrected chi connectivity index (χ3v) is 6.88. The zero-order valence-electron chi connectivity index (χ0n) is 17.1. The van der Waals surface area contributed by atoms with Crippen LogP contribution in [0.3, 0.4) is 0 Å². The van der Waals surface area contributed by atoms with Gasteiger partial charge in [0.2, 0.25) is 5.91 Å². The van der Waals surface area contributed by atoms with Gasteiger partial charge in [-0.25, -0.2) is 4.39 Å². The molecule has 1 aromatic carbocycles. The molecule has 0 aliphatic carbocycles. The zero-order valence-corrected chi connectivity index (χ0v) is 17.1. The van der Waals surface area contributed by atoms with Crippen LogP contribution in [0.25, 0.3) is 0 Å². The topological polar surface area (TPSA) is 67.8 Å². The van der Waals surface area contributed by atoms with Crippen LogP contribution in [-0.4, -0.2) is 72.9 Å². The molecule has 3 aliphatic heterocycles. The van der Waals surface area contributed by atoms with Crippen molar-refractivity contribution in [3.05, 3.63) is 30.1 Å². The number of rotatable bonds is 6. The molecule has 0 bridgehead atoms. The number of hydrogen-bond acceptors (Lipinski definition) is 5. The first kappa shape index (κ1) is 20.6. The Morgan fingerprint density at radius 1 is 1.14 bits per heavy atom. The fourth-order valence-electron chi connectivity index (χ4n) is 5.41. The predicted molar refractivity (Wildman–Crippen MR) is 111 cm³/mol. The maximum atomic E-state index is 13.2. The number of fused-ring (bicyclic) bond motifs is 1. The van der Waals surface area contributed by atoms with Gasteiger partial charge in [-0.3, -0.25) is 9.69 Å². The van der Waals surface area contributed by atoms with E-state index in [1.807, 2.05) is 12.1 Å². The number of carbonyl (C=O) groups is 1. The maximum absolute atomic E-state index is 13.2. The van der Waals surface area contributed by atoms with Crippen molar-refractivity contribution >= 4 is 11.6 Å². The molecule has 3 saturated heterocycles. The van der Waals surface area contributed by atoms with Crippen molar-refractivity contribution in [2.24, 2.45) is 0 Å². The second-order valence-electron chi connectivity index (χ2n) is 8.72. The van der Waals surface area contributed by atoms with Crippen molar-refractivity contribution in [1.82, 2.24) is 15.5 Å². The largest absolute Gasteiger partial charge is 0.395 e. The number of anilines is 1. The Bertz CT molecular complexity index is 693. The van der Waals surface area contributed by atoms with Crippen molar-refractivity contribution in [2.75, 3.05) is 44.2 Å². The third kappa shape index (κ3) is 4.42. The van der Waals surface area contributed by atoms with Crippen LogP contribution in [0.1, 0.15) is 38.5 Å². The second kappa shape index (κ2) is 8.98. The monoisotopic (exact) mass is 404 g/mol. The summed E-state index contributed by atoms with van der Waals surface area (Å²) < 4.78 is 13.2. The summed E-state index contributed by atoms with van der Waals surface area (Å²) in [5.74, 6) is -0.110. The molecule has 3 N–H and O–H groups in total. The number of halogens is 1. The number of nitrogens with one attached hydrogen (secondary N) is 2. The molecule has 1 aromatic rings. The lowest BCUT2D eigenvalue weighted by Crippen LogP contribution is -2.57. The highest BCUT2D eigenvalue weighted by Gasteiger charge is 2.51. The SMILES string of the molecule is O=C(NCCO)[C@@]12CCCCN1C[C@@H](NC1CCN(c3ccc(F)cc3)CC1)C2. The molecular weight excluding hydrogens is 371 g/mol. The molecule has 3 aliphatic rings. The van der Waals surface area contributed by atoms with Gasteiger partial charge in [0.25, 0.3) is 0 Å². The number of hydrogen-bond donors (Lipinski definition) is 3. The second-order valence-corrected chi connectivity index (χ2v) is 8.72. The van der Waals surface area contributed by atoms with Gasteiger partial charge in [-0.05, 0) is 69.3 Å². The van der Waals surface area contributed by atoms with Gasteiger partial charge in [0.15, 0.2) is 0 Å². The highest BCUT2D eigenvalue weighted by atomic mass is 19.1. The number of aliphatic hydroxyl groups is 1. The first-order valence-corrected chi connectivity index (χ1v) is 11.0. The van der Waals surface area contributed by atoms with Crippen LogP contribution in [-0.2, 0) is 4.79 Å². The maximum Gasteiger partial charge on any atom is 0.240 e. The molecule has 7 heteroatoms. The van der Waals surface area contributed by atoms with Gasteiger partial charge in [-0.15, -0.1) is 0 Å². The molecule has 1 amide bonds. The Morgan fingerprint density at radius 2 is 1.90 bits per heavy atom. The van der Waals surface area contributed by atoms with Crippen molar-refractivity contribution in [3.8, 4) is 0 Å². The fraction of sp³-hybridized carbons (Fsp3) is 0.682. The van der Waals surface area contributed by atoms with E-state index in [1.165, 1.54) is 12.1 Å². The van der Waals surface area contributed by atoms with Crippen LogP contribution < -0.4 is 15.5 Å². The molecule has 3 fully saturated rings. The van der Waals surface area contributed by atoms with E-state index in [1.54, 1.807) is 0 Å². The van der Waals surface area contributed by atoms with Crippen molar-refractivity contribution in [1.29, 1.82) is 0 Å². The lowest BCUT2D eigenvalue weighted by Gasteiger charge is -2.40. The van der Waals surface area contributed by atoms with E-state index in [9.17, 15) is 9.18 Å². The average molecular weight is 405 g/mol. The van der Waals surface area contributed by atoms with Crippen LogP contribution in [0.2, 0.25) is 0 Å². The molecule has 4 rings (SSSR count). The standard InChI is InChI=1S/C22H33FN4O2/c23-17-3-5-20(6-4-17)26-12-7-18(8-13-26)25-19-15-22(21(29)24-10-14-28)9-1-2-11-27(22)16-19/h3-6,18-19,25,28H,1-2,7-16H2,(H,24,29)/t19-,22-/m0/s1. The summed E-state index contributed by atoms with van der Waals surface area (Å²) in [6.07, 6.45) is 6.10. The first-order valence-electron chi connectivity index (χ1n) is 11.0. The van der Waals surface area contributed by atoms with Crippen LogP contribution in [0.4, 0.5) is 10.1 Å². The molecule has 3 heterocycles. The molecule has 2 atom stereocenters. The minimum absolute atomic E-state index is 0.0177. The van der Waals surface area contributed by atoms with E-state index < -0.39 is 5.54 Å². The molecule has 0 unspecified atom stereocenters. The minimum Gasteiger partial charge on any atom is -0.395 e. The van der Waals surface area contributed by atoms with Crippen LogP contribution in [0.15, 0.2) is 24.3 Å². The molecule has 0 spiro atoms. The summed E-state index contributed by atoms with van der Waals surface area (Å²) in [5.41, 5.74) is 0.683. The van der Waals surface area contributed by atoms with Gasteiger partial charge in [0, 0.05) is 44.0 Å². The van der Waals surface area contributed by atoms with Crippen LogP contribution in [0.5, 0.6) is 0 Å². The molecular formula is C22H33FN4O2. The highest BCUT2D eigenvalue weighted by molar-refractivity contribution is 5.87. The van der Waals surface area contributed by atoms with Crippen molar-refractivity contribution in [3.63, 3.8) is 0 Å². The van der Waals surface area contributed by atoms with E-state index >= 15 is 0 Å². The predicted octanol–water partition coefficient (Wildman–Crippen LogP) is 1.49. The van der Waals surface area contributed by atoms with Gasteiger partial charge < -0.3 is 20.6 Å². The number of aliphatic hydroxyl groups excluding tert-OH is 1. The van der Waals surface area contributed by atoms with Gasteiger partial charge >= 0.3 is 0 Å². The average Bonchev–Trinajstić information content (AvgIpc) is 3.12. The summed E-state index contributed by atoms with van der Waals surface area (Å²) in [7, 11) is 0. The fourth-order valence-corrected chi connectivity index (χ4v) is 5.41. The molecule has 160 valence electrons. The Labute approximate surface area is 172 Å².